The van der Waals surface area contributed by atoms with E-state index in [0.29, 0.717) is 0 Å². The maximum atomic E-state index is 13.1. The molecule has 3 aromatic carbocycles. The molecule has 0 fully saturated rings. The molecule has 3 aromatic rings. The third kappa shape index (κ3) is 2.25. The van der Waals surface area contributed by atoms with E-state index in [1.54, 1.807) is 0 Å². The summed E-state index contributed by atoms with van der Waals surface area (Å²) >= 11 is -4.65. The van der Waals surface area contributed by atoms with Crippen LogP contribution in [0.3, 0.4) is 0 Å². The normalized spacial score (nSPS) is 16.7. The number of hydrogen-bond acceptors (Lipinski definition) is 2. The number of carbonyl (C=O) groups is 2. The molecule has 2 aliphatic carbocycles. The average Bonchev–Trinajstić information content (AvgIpc) is 3.39. The minimum atomic E-state index is -4.65. The Morgan fingerprint density at radius 2 is 1.59 bits per heavy atom. The quantitative estimate of drug-likeness (QED) is 0.363. The zero-order chi connectivity index (χ0) is 20.1. The topological polar surface area (TPSA) is 34.1 Å². The second kappa shape index (κ2) is 6.42. The van der Waals surface area contributed by atoms with Gasteiger partial charge in [-0.05, 0) is 0 Å². The fraction of sp³-hybridized carbons (Fsp3) is 0.115. The van der Waals surface area contributed by atoms with Crippen LogP contribution in [0.25, 0.3) is 17.2 Å². The van der Waals surface area contributed by atoms with Gasteiger partial charge in [0.05, 0.1) is 0 Å². The molecule has 3 heteroatoms. The minimum absolute atomic E-state index is 0.182. The van der Waals surface area contributed by atoms with Gasteiger partial charge in [-0.3, -0.25) is 0 Å². The molecule has 0 saturated heterocycles. The number of benzene rings is 3. The predicted octanol–water partition coefficient (Wildman–Crippen LogP) is 4.54. The zero-order valence-electron chi connectivity index (χ0n) is 16.3. The van der Waals surface area contributed by atoms with E-state index in [-0.39, 0.29) is 4.22 Å². The SMILES string of the molecule is C[CH]=[Ti]([CH]=O)([CH]=O)([c]1cccc2c1Cc1ccccc1-2)[CH]1C=Cc2ccccc21. The molecule has 0 radical (unpaired) electrons. The van der Waals surface area contributed by atoms with Crippen LogP contribution < -0.4 is 3.87 Å². The molecule has 142 valence electrons. The van der Waals surface area contributed by atoms with E-state index in [4.69, 9.17) is 0 Å². The molecule has 0 N–H and O–H groups in total. The summed E-state index contributed by atoms with van der Waals surface area (Å²) in [7, 11) is 0. The van der Waals surface area contributed by atoms with Crippen molar-refractivity contribution in [2.75, 3.05) is 0 Å². The molecule has 2 aliphatic rings. The molecule has 0 saturated carbocycles. The fourth-order valence-electron chi connectivity index (χ4n) is 5.45. The Kier molecular flexibility index (Phi) is 4.06. The van der Waals surface area contributed by atoms with Gasteiger partial charge in [0.15, 0.2) is 0 Å². The summed E-state index contributed by atoms with van der Waals surface area (Å²) in [6, 6.07) is 22.7. The molecule has 5 rings (SSSR count). The molecule has 29 heavy (non-hydrogen) atoms. The van der Waals surface area contributed by atoms with Crippen LogP contribution in [-0.2, 0) is 30.9 Å². The Morgan fingerprint density at radius 1 is 0.862 bits per heavy atom. The molecule has 1 unspecified atom stereocenters. The summed E-state index contributed by atoms with van der Waals surface area (Å²) in [6.07, 6.45) is 4.93. The van der Waals surface area contributed by atoms with Gasteiger partial charge in [0.25, 0.3) is 0 Å². The summed E-state index contributed by atoms with van der Waals surface area (Å²) in [5.74, 6) is 0. The predicted molar refractivity (Wildman–Crippen MR) is 118 cm³/mol. The summed E-state index contributed by atoms with van der Waals surface area (Å²) < 4.78 is 4.90. The van der Waals surface area contributed by atoms with Crippen molar-refractivity contribution in [1.29, 1.82) is 0 Å². The van der Waals surface area contributed by atoms with E-state index in [0.717, 1.165) is 41.7 Å². The first-order valence-corrected chi connectivity index (χ1v) is 14.4. The van der Waals surface area contributed by atoms with E-state index < -0.39 is 14.8 Å². The molecule has 0 aromatic heterocycles. The van der Waals surface area contributed by atoms with Crippen LogP contribution in [0.1, 0.15) is 33.4 Å². The van der Waals surface area contributed by atoms with Crippen molar-refractivity contribution in [2.45, 2.75) is 17.6 Å². The van der Waals surface area contributed by atoms with Gasteiger partial charge in [-0.1, -0.05) is 0 Å². The van der Waals surface area contributed by atoms with E-state index in [9.17, 15) is 9.59 Å². The van der Waals surface area contributed by atoms with Crippen LogP contribution >= 0.6 is 0 Å². The van der Waals surface area contributed by atoms with Crippen LogP contribution in [0.2, 0.25) is 0 Å². The van der Waals surface area contributed by atoms with Gasteiger partial charge in [-0.2, -0.15) is 0 Å². The van der Waals surface area contributed by atoms with Crippen molar-refractivity contribution >= 4 is 23.4 Å². The molecular formula is C26H22O2Ti. The summed E-state index contributed by atoms with van der Waals surface area (Å²) in [6.45, 7) is 1.91. The van der Waals surface area contributed by atoms with Crippen molar-refractivity contribution < 1.29 is 24.4 Å². The summed E-state index contributed by atoms with van der Waals surface area (Å²) in [5, 5.41) is 0. The van der Waals surface area contributed by atoms with E-state index in [1.807, 2.05) is 41.6 Å². The van der Waals surface area contributed by atoms with Crippen molar-refractivity contribution in [1.82, 2.24) is 0 Å². The first kappa shape index (κ1) is 18.4. The zero-order valence-corrected chi connectivity index (χ0v) is 17.9. The molecule has 2 nitrogen and oxygen atoms in total. The Morgan fingerprint density at radius 3 is 2.38 bits per heavy atom. The van der Waals surface area contributed by atoms with Crippen molar-refractivity contribution in [3.8, 4) is 11.1 Å². The number of hydrogen-bond donors (Lipinski definition) is 0. The van der Waals surface area contributed by atoms with Gasteiger partial charge in [-0.15, -0.1) is 0 Å². The Labute approximate surface area is 171 Å². The Balaban J connectivity index is 1.85. The number of fused-ring (bicyclic) bond motifs is 4. The summed E-state index contributed by atoms with van der Waals surface area (Å²) in [4.78, 5) is 26.1. The second-order valence-electron chi connectivity index (χ2n) is 8.23. The van der Waals surface area contributed by atoms with Crippen LogP contribution in [0.15, 0.2) is 72.8 Å². The number of allylic oxidation sites excluding steroid dienone is 1. The van der Waals surface area contributed by atoms with Gasteiger partial charge in [0, 0.05) is 0 Å². The van der Waals surface area contributed by atoms with Crippen LogP contribution in [0.5, 0.6) is 0 Å². The van der Waals surface area contributed by atoms with Gasteiger partial charge in [0.2, 0.25) is 0 Å². The van der Waals surface area contributed by atoms with Crippen LogP contribution in [-0.4, -0.2) is 13.5 Å². The molecule has 0 bridgehead atoms. The first-order chi connectivity index (χ1) is 14.2. The molecule has 1 atom stereocenters. The Hall–Kier alpha value is -2.68. The van der Waals surface area contributed by atoms with Crippen molar-refractivity contribution in [3.05, 3.63) is 95.1 Å². The summed E-state index contributed by atoms with van der Waals surface area (Å²) in [5.41, 5.74) is 6.99. The molecule has 0 heterocycles. The van der Waals surface area contributed by atoms with Gasteiger partial charge in [-0.25, -0.2) is 0 Å². The van der Waals surface area contributed by atoms with Crippen LogP contribution in [0.4, 0.5) is 0 Å². The van der Waals surface area contributed by atoms with E-state index >= 15 is 0 Å². The van der Waals surface area contributed by atoms with Crippen LogP contribution in [0, 0.1) is 0 Å². The standard InChI is InChI=1S/C13H9.C9H7.C2H4.2CHO.Ti/c1-3-7-12-10(5-1)9-11-6-2-4-8-13(11)12;1-2-5-9-7-3-6-8(9)4-1;3*1-2;/h1-5,7-8H,9H2;1-7H;1H,2H3;2*1H;. The fourth-order valence-corrected chi connectivity index (χ4v) is 12.9. The average molecular weight is 414 g/mol. The first-order valence-electron chi connectivity index (χ1n) is 10.1. The van der Waals surface area contributed by atoms with E-state index in [2.05, 4.69) is 48.6 Å². The second-order valence-corrected chi connectivity index (χ2v) is 16.6. The van der Waals surface area contributed by atoms with E-state index in [1.165, 1.54) is 11.1 Å². The molecule has 0 amide bonds. The van der Waals surface area contributed by atoms with Crippen molar-refractivity contribution in [3.63, 3.8) is 0 Å². The van der Waals surface area contributed by atoms with Gasteiger partial charge in [0.1, 0.15) is 0 Å². The molecule has 0 aliphatic heterocycles. The third-order valence-corrected chi connectivity index (χ3v) is 16.4. The maximum absolute atomic E-state index is 13.1. The number of carbonyl (C=O) groups excluding carboxylic acids is 2. The molecule has 0 spiro atoms. The molecular weight excluding hydrogens is 392 g/mol. The van der Waals surface area contributed by atoms with Crippen molar-refractivity contribution in [2.24, 2.45) is 0 Å². The third-order valence-electron chi connectivity index (χ3n) is 7.14. The Bertz CT molecular complexity index is 1270. The van der Waals surface area contributed by atoms with Gasteiger partial charge < -0.3 is 0 Å². The monoisotopic (exact) mass is 414 g/mol. The number of rotatable bonds is 4. The van der Waals surface area contributed by atoms with Gasteiger partial charge >= 0.3 is 172 Å².